The molecule has 0 aromatic heterocycles. The Morgan fingerprint density at radius 1 is 1.60 bits per heavy atom. The van der Waals surface area contributed by atoms with Crippen molar-refractivity contribution in [3.8, 4) is 0 Å². The van der Waals surface area contributed by atoms with E-state index in [1.165, 1.54) is 0 Å². The fourth-order valence-electron chi connectivity index (χ4n) is 2.39. The van der Waals surface area contributed by atoms with Gasteiger partial charge in [0.05, 0.1) is 6.10 Å². The smallest absolute Gasteiger partial charge is 0.152 e. The summed E-state index contributed by atoms with van der Waals surface area (Å²) in [5.74, 6) is 0.328. The molecule has 0 saturated heterocycles. The molecule has 2 heteroatoms. The van der Waals surface area contributed by atoms with E-state index in [1.54, 1.807) is 13.0 Å². The van der Waals surface area contributed by atoms with Gasteiger partial charge in [0.2, 0.25) is 0 Å². The van der Waals surface area contributed by atoms with Crippen molar-refractivity contribution in [2.24, 2.45) is 11.3 Å². The summed E-state index contributed by atoms with van der Waals surface area (Å²) in [4.78, 5) is 10.9. The molecule has 0 saturated carbocycles. The third kappa shape index (κ3) is 3.03. The molecule has 0 spiro atoms. The maximum Gasteiger partial charge on any atom is 0.152 e. The zero-order valence-corrected chi connectivity index (χ0v) is 9.95. The molecule has 0 aromatic rings. The van der Waals surface area contributed by atoms with Gasteiger partial charge in [-0.25, -0.2) is 0 Å². The van der Waals surface area contributed by atoms with Crippen molar-refractivity contribution in [1.82, 2.24) is 0 Å². The Kier molecular flexibility index (Phi) is 3.50. The first-order valence-electron chi connectivity index (χ1n) is 5.38. The molecule has 0 amide bonds. The van der Waals surface area contributed by atoms with Gasteiger partial charge in [0.15, 0.2) is 5.78 Å². The molecule has 0 heterocycles. The minimum Gasteiger partial charge on any atom is -0.389 e. The monoisotopic (exact) mass is 208 g/mol. The van der Waals surface area contributed by atoms with Crippen LogP contribution >= 0.6 is 0 Å². The number of rotatable bonds is 2. The van der Waals surface area contributed by atoms with E-state index in [4.69, 9.17) is 0 Å². The topological polar surface area (TPSA) is 37.3 Å². The summed E-state index contributed by atoms with van der Waals surface area (Å²) in [6.07, 6.45) is 5.88. The van der Waals surface area contributed by atoms with E-state index in [1.807, 2.05) is 19.1 Å². The minimum absolute atomic E-state index is 0.0181. The SMILES string of the molecule is CC(=O)/C=C/[C@H]1C(C)=CC(O)CC1(C)C. The van der Waals surface area contributed by atoms with Gasteiger partial charge in [0, 0.05) is 5.92 Å². The van der Waals surface area contributed by atoms with Crippen LogP contribution in [0.2, 0.25) is 0 Å². The standard InChI is InChI=1S/C13H20O2/c1-9-7-11(15)8-13(3,4)12(9)6-5-10(2)14/h5-7,11-12,15H,8H2,1-4H3/b6-5+/t11?,12-/m0/s1. The Labute approximate surface area is 91.7 Å². The zero-order valence-electron chi connectivity index (χ0n) is 9.95. The third-order valence-electron chi connectivity index (χ3n) is 3.05. The Balaban J connectivity index is 2.94. The van der Waals surface area contributed by atoms with Crippen LogP contribution in [-0.2, 0) is 4.79 Å². The predicted molar refractivity (Wildman–Crippen MR) is 61.5 cm³/mol. The van der Waals surface area contributed by atoms with Gasteiger partial charge in [-0.3, -0.25) is 4.79 Å². The molecule has 15 heavy (non-hydrogen) atoms. The van der Waals surface area contributed by atoms with Gasteiger partial charge in [0.1, 0.15) is 0 Å². The second kappa shape index (κ2) is 4.31. The Morgan fingerprint density at radius 2 is 2.20 bits per heavy atom. The summed E-state index contributed by atoms with van der Waals surface area (Å²) in [5.41, 5.74) is 1.17. The average Bonchev–Trinajstić information content (AvgIpc) is 1.98. The largest absolute Gasteiger partial charge is 0.389 e. The van der Waals surface area contributed by atoms with Gasteiger partial charge in [-0.05, 0) is 31.8 Å². The molecule has 1 aliphatic carbocycles. The van der Waals surface area contributed by atoms with Gasteiger partial charge in [0.25, 0.3) is 0 Å². The van der Waals surface area contributed by atoms with E-state index in [0.29, 0.717) is 0 Å². The molecule has 1 aliphatic rings. The van der Waals surface area contributed by atoms with E-state index in [-0.39, 0.29) is 23.2 Å². The van der Waals surface area contributed by atoms with Crippen LogP contribution in [0.25, 0.3) is 0 Å². The second-order valence-electron chi connectivity index (χ2n) is 5.12. The number of hydrogen-bond acceptors (Lipinski definition) is 2. The molecule has 0 aromatic carbocycles. The molecule has 1 N–H and O–H groups in total. The highest BCUT2D eigenvalue weighted by molar-refractivity contribution is 5.87. The fourth-order valence-corrected chi connectivity index (χ4v) is 2.39. The molecule has 84 valence electrons. The minimum atomic E-state index is -0.345. The van der Waals surface area contributed by atoms with Gasteiger partial charge < -0.3 is 5.11 Å². The highest BCUT2D eigenvalue weighted by Gasteiger charge is 2.34. The van der Waals surface area contributed by atoms with Gasteiger partial charge in [-0.1, -0.05) is 31.6 Å². The van der Waals surface area contributed by atoms with E-state index < -0.39 is 0 Å². The number of aliphatic hydroxyl groups is 1. The Hall–Kier alpha value is -0.890. The summed E-state index contributed by atoms with van der Waals surface area (Å²) < 4.78 is 0. The van der Waals surface area contributed by atoms with Gasteiger partial charge in [-0.15, -0.1) is 0 Å². The maximum atomic E-state index is 10.9. The van der Waals surface area contributed by atoms with Crippen LogP contribution in [0.15, 0.2) is 23.8 Å². The highest BCUT2D eigenvalue weighted by atomic mass is 16.3. The van der Waals surface area contributed by atoms with Gasteiger partial charge in [-0.2, -0.15) is 0 Å². The molecule has 0 aliphatic heterocycles. The van der Waals surface area contributed by atoms with Crippen LogP contribution < -0.4 is 0 Å². The molecule has 1 unspecified atom stereocenters. The first kappa shape index (κ1) is 12.2. The molecular formula is C13H20O2. The number of allylic oxidation sites excluding steroid dienone is 3. The number of carbonyl (C=O) groups is 1. The normalized spacial score (nSPS) is 30.3. The fraction of sp³-hybridized carbons (Fsp3) is 0.615. The molecule has 2 nitrogen and oxygen atoms in total. The molecule has 0 radical (unpaired) electrons. The summed E-state index contributed by atoms with van der Waals surface area (Å²) in [5, 5.41) is 9.64. The lowest BCUT2D eigenvalue weighted by atomic mass is 9.68. The van der Waals surface area contributed by atoms with Crippen molar-refractivity contribution in [1.29, 1.82) is 0 Å². The quantitative estimate of drug-likeness (QED) is 0.559. The van der Waals surface area contributed by atoms with Crippen molar-refractivity contribution >= 4 is 5.78 Å². The summed E-state index contributed by atoms with van der Waals surface area (Å²) >= 11 is 0. The van der Waals surface area contributed by atoms with E-state index >= 15 is 0 Å². The lowest BCUT2D eigenvalue weighted by Crippen LogP contribution is -2.32. The van der Waals surface area contributed by atoms with Crippen LogP contribution in [0.1, 0.15) is 34.1 Å². The first-order valence-corrected chi connectivity index (χ1v) is 5.38. The van der Waals surface area contributed by atoms with Crippen molar-refractivity contribution in [2.45, 2.75) is 40.2 Å². The number of hydrogen-bond donors (Lipinski definition) is 1. The molecule has 0 fully saturated rings. The van der Waals surface area contributed by atoms with E-state index in [0.717, 1.165) is 12.0 Å². The van der Waals surface area contributed by atoms with E-state index in [9.17, 15) is 9.90 Å². The van der Waals surface area contributed by atoms with Gasteiger partial charge >= 0.3 is 0 Å². The van der Waals surface area contributed by atoms with Crippen LogP contribution in [0.3, 0.4) is 0 Å². The van der Waals surface area contributed by atoms with Crippen molar-refractivity contribution in [3.63, 3.8) is 0 Å². The molecule has 0 bridgehead atoms. The Morgan fingerprint density at radius 3 is 2.67 bits per heavy atom. The predicted octanol–water partition coefficient (Wildman–Crippen LogP) is 2.48. The van der Waals surface area contributed by atoms with Crippen molar-refractivity contribution < 1.29 is 9.90 Å². The van der Waals surface area contributed by atoms with Crippen LogP contribution in [0.4, 0.5) is 0 Å². The molecular weight excluding hydrogens is 188 g/mol. The van der Waals surface area contributed by atoms with E-state index in [2.05, 4.69) is 13.8 Å². The summed E-state index contributed by atoms with van der Waals surface area (Å²) in [6, 6.07) is 0. The van der Waals surface area contributed by atoms with Crippen LogP contribution in [-0.4, -0.2) is 17.0 Å². The molecule has 2 atom stereocenters. The zero-order chi connectivity index (χ0) is 11.6. The number of carbonyl (C=O) groups excluding carboxylic acids is 1. The lowest BCUT2D eigenvalue weighted by Gasteiger charge is -2.38. The average molecular weight is 208 g/mol. The lowest BCUT2D eigenvalue weighted by molar-refractivity contribution is -0.112. The Bertz CT molecular complexity index is 310. The first-order chi connectivity index (χ1) is 6.83. The maximum absolute atomic E-state index is 10.9. The third-order valence-corrected chi connectivity index (χ3v) is 3.05. The second-order valence-corrected chi connectivity index (χ2v) is 5.12. The number of aliphatic hydroxyl groups excluding tert-OH is 1. The highest BCUT2D eigenvalue weighted by Crippen LogP contribution is 2.41. The summed E-state index contributed by atoms with van der Waals surface area (Å²) in [7, 11) is 0. The number of ketones is 1. The van der Waals surface area contributed by atoms with Crippen molar-refractivity contribution in [2.75, 3.05) is 0 Å². The molecule has 1 rings (SSSR count). The van der Waals surface area contributed by atoms with Crippen LogP contribution in [0, 0.1) is 11.3 Å². The van der Waals surface area contributed by atoms with Crippen molar-refractivity contribution in [3.05, 3.63) is 23.8 Å². The summed E-state index contributed by atoms with van der Waals surface area (Å²) in [6.45, 7) is 7.82. The van der Waals surface area contributed by atoms with Crippen LogP contribution in [0.5, 0.6) is 0 Å².